The van der Waals surface area contributed by atoms with Crippen LogP contribution in [0.5, 0.6) is 5.75 Å². The van der Waals surface area contributed by atoms with Crippen LogP contribution in [0.1, 0.15) is 50.7 Å². The Labute approximate surface area is 188 Å². The minimum Gasteiger partial charge on any atom is -0.484 e. The molecule has 1 amide bonds. The summed E-state index contributed by atoms with van der Waals surface area (Å²) in [6.45, 7) is 8.54. The molecule has 1 aromatic heterocycles. The molecule has 0 aliphatic heterocycles. The molecule has 0 saturated carbocycles. The van der Waals surface area contributed by atoms with Crippen LogP contribution in [-0.2, 0) is 4.79 Å². The average molecular weight is 429 g/mol. The fraction of sp³-hybridized carbons (Fsp3) is 0.259. The quantitative estimate of drug-likeness (QED) is 0.353. The molecular formula is C27H28N2O3. The van der Waals surface area contributed by atoms with E-state index in [-0.39, 0.29) is 12.5 Å². The Kier molecular flexibility index (Phi) is 6.26. The van der Waals surface area contributed by atoms with Gasteiger partial charge in [-0.2, -0.15) is 0 Å². The number of hydrogen-bond donors (Lipinski definition) is 1. The van der Waals surface area contributed by atoms with E-state index in [1.54, 1.807) is 12.1 Å². The van der Waals surface area contributed by atoms with Crippen LogP contribution >= 0.6 is 0 Å². The first-order valence-electron chi connectivity index (χ1n) is 10.9. The van der Waals surface area contributed by atoms with E-state index in [0.717, 1.165) is 5.56 Å². The number of hydrogen-bond acceptors (Lipinski definition) is 4. The minimum absolute atomic E-state index is 0.0642. The molecule has 0 saturated heterocycles. The van der Waals surface area contributed by atoms with Gasteiger partial charge in [0.2, 0.25) is 5.89 Å². The van der Waals surface area contributed by atoms with Gasteiger partial charge in [0.05, 0.1) is 0 Å². The first-order valence-corrected chi connectivity index (χ1v) is 10.9. The minimum atomic E-state index is -0.231. The lowest BCUT2D eigenvalue weighted by Crippen LogP contribution is -2.20. The Morgan fingerprint density at radius 3 is 2.16 bits per heavy atom. The second-order valence-electron chi connectivity index (χ2n) is 8.54. The summed E-state index contributed by atoms with van der Waals surface area (Å²) in [5.41, 5.74) is 5.44. The lowest BCUT2D eigenvalue weighted by Gasteiger charge is -2.09. The van der Waals surface area contributed by atoms with E-state index in [1.165, 1.54) is 11.1 Å². The van der Waals surface area contributed by atoms with Gasteiger partial charge in [0.1, 0.15) is 11.3 Å². The highest BCUT2D eigenvalue weighted by atomic mass is 16.5. The van der Waals surface area contributed by atoms with Crippen LogP contribution in [0.15, 0.2) is 71.1 Å². The first kappa shape index (κ1) is 21.6. The molecule has 0 bridgehead atoms. The predicted octanol–water partition coefficient (Wildman–Crippen LogP) is 6.76. The van der Waals surface area contributed by atoms with E-state index >= 15 is 0 Å². The van der Waals surface area contributed by atoms with E-state index < -0.39 is 0 Å². The maximum atomic E-state index is 12.3. The lowest BCUT2D eigenvalue weighted by atomic mass is 10.0. The van der Waals surface area contributed by atoms with Gasteiger partial charge >= 0.3 is 0 Å². The predicted molar refractivity (Wildman–Crippen MR) is 128 cm³/mol. The smallest absolute Gasteiger partial charge is 0.262 e. The molecular weight excluding hydrogens is 400 g/mol. The van der Waals surface area contributed by atoms with E-state index in [0.29, 0.717) is 40.3 Å². The molecule has 0 fully saturated rings. The van der Waals surface area contributed by atoms with Crippen LogP contribution < -0.4 is 10.1 Å². The zero-order valence-electron chi connectivity index (χ0n) is 18.9. The molecule has 5 nitrogen and oxygen atoms in total. The Hall–Kier alpha value is -3.60. The monoisotopic (exact) mass is 428 g/mol. The van der Waals surface area contributed by atoms with Crippen molar-refractivity contribution in [3.63, 3.8) is 0 Å². The largest absolute Gasteiger partial charge is 0.484 e. The molecule has 1 heterocycles. The number of ether oxygens (including phenoxy) is 1. The summed E-state index contributed by atoms with van der Waals surface area (Å²) < 4.78 is 11.5. The number of carbonyl (C=O) groups excluding carboxylic acids is 1. The van der Waals surface area contributed by atoms with E-state index in [4.69, 9.17) is 9.15 Å². The molecule has 0 aliphatic rings. The van der Waals surface area contributed by atoms with Crippen molar-refractivity contribution < 1.29 is 13.9 Å². The van der Waals surface area contributed by atoms with E-state index in [2.05, 4.69) is 50.1 Å². The van der Waals surface area contributed by atoms with Crippen molar-refractivity contribution in [1.82, 2.24) is 4.98 Å². The molecule has 0 spiro atoms. The molecule has 1 N–H and O–H groups in total. The number of benzene rings is 3. The molecule has 32 heavy (non-hydrogen) atoms. The van der Waals surface area contributed by atoms with Crippen molar-refractivity contribution >= 4 is 22.7 Å². The van der Waals surface area contributed by atoms with Gasteiger partial charge in [0, 0.05) is 11.3 Å². The normalized spacial score (nSPS) is 11.3. The fourth-order valence-corrected chi connectivity index (χ4v) is 3.43. The van der Waals surface area contributed by atoms with Crippen LogP contribution in [0.3, 0.4) is 0 Å². The van der Waals surface area contributed by atoms with Gasteiger partial charge in [-0.05, 0) is 65.4 Å². The van der Waals surface area contributed by atoms with Crippen LogP contribution in [-0.4, -0.2) is 17.5 Å². The highest BCUT2D eigenvalue weighted by Crippen LogP contribution is 2.27. The molecule has 0 radical (unpaired) electrons. The van der Waals surface area contributed by atoms with Crippen LogP contribution in [0, 0.1) is 0 Å². The molecule has 164 valence electrons. The second-order valence-corrected chi connectivity index (χ2v) is 8.54. The number of amides is 1. The van der Waals surface area contributed by atoms with Crippen molar-refractivity contribution in [2.45, 2.75) is 39.5 Å². The first-order chi connectivity index (χ1) is 15.4. The van der Waals surface area contributed by atoms with Gasteiger partial charge < -0.3 is 14.5 Å². The summed E-state index contributed by atoms with van der Waals surface area (Å²) in [7, 11) is 0. The van der Waals surface area contributed by atoms with Crippen molar-refractivity contribution in [3.05, 3.63) is 77.9 Å². The maximum absolute atomic E-state index is 12.3. The number of carbonyl (C=O) groups is 1. The van der Waals surface area contributed by atoms with Gasteiger partial charge in [-0.15, -0.1) is 0 Å². The number of fused-ring (bicyclic) bond motifs is 1. The number of nitrogens with one attached hydrogen (secondary N) is 1. The lowest BCUT2D eigenvalue weighted by molar-refractivity contribution is -0.118. The van der Waals surface area contributed by atoms with Gasteiger partial charge in [0.15, 0.2) is 12.2 Å². The highest BCUT2D eigenvalue weighted by molar-refractivity contribution is 5.94. The zero-order chi connectivity index (χ0) is 22.7. The zero-order valence-corrected chi connectivity index (χ0v) is 18.9. The third-order valence-corrected chi connectivity index (χ3v) is 5.41. The number of oxazole rings is 1. The summed E-state index contributed by atoms with van der Waals surface area (Å²) in [6, 6.07) is 21.5. The van der Waals surface area contributed by atoms with Gasteiger partial charge in [-0.3, -0.25) is 4.79 Å². The van der Waals surface area contributed by atoms with Crippen LogP contribution in [0.2, 0.25) is 0 Å². The van der Waals surface area contributed by atoms with Gasteiger partial charge in [-0.25, -0.2) is 4.98 Å². The standard InChI is InChI=1S/C27H28N2O3/c1-17(2)19-5-7-21(8-6-19)27-29-24-15-22(11-14-25(24)32-27)28-26(30)16-31-23-12-9-20(10-13-23)18(3)4/h5-15,17-18H,16H2,1-4H3,(H,28,30). The van der Waals surface area contributed by atoms with Crippen molar-refractivity contribution in [2.75, 3.05) is 11.9 Å². The Morgan fingerprint density at radius 2 is 1.53 bits per heavy atom. The summed E-state index contributed by atoms with van der Waals surface area (Å²) in [4.78, 5) is 16.9. The maximum Gasteiger partial charge on any atom is 0.262 e. The molecule has 4 rings (SSSR count). The van der Waals surface area contributed by atoms with Crippen LogP contribution in [0.4, 0.5) is 5.69 Å². The summed E-state index contributed by atoms with van der Waals surface area (Å²) in [5.74, 6) is 1.93. The molecule has 0 aliphatic carbocycles. The molecule has 5 heteroatoms. The number of aromatic nitrogens is 1. The number of rotatable bonds is 7. The van der Waals surface area contributed by atoms with Crippen molar-refractivity contribution in [1.29, 1.82) is 0 Å². The van der Waals surface area contributed by atoms with Crippen LogP contribution in [0.25, 0.3) is 22.6 Å². The molecule has 0 atom stereocenters. The number of nitrogens with zero attached hydrogens (tertiary/aromatic N) is 1. The summed E-state index contributed by atoms with van der Waals surface area (Å²) in [6.07, 6.45) is 0. The Bertz CT molecular complexity index is 1210. The van der Waals surface area contributed by atoms with E-state index in [1.807, 2.05) is 42.5 Å². The number of anilines is 1. The SMILES string of the molecule is CC(C)c1ccc(OCC(=O)Nc2ccc3oc(-c4ccc(C(C)C)cc4)nc3c2)cc1. The van der Waals surface area contributed by atoms with Crippen molar-refractivity contribution in [2.24, 2.45) is 0 Å². The topological polar surface area (TPSA) is 64.4 Å². The summed E-state index contributed by atoms with van der Waals surface area (Å²) in [5, 5.41) is 2.86. The van der Waals surface area contributed by atoms with Crippen molar-refractivity contribution in [3.8, 4) is 17.2 Å². The third-order valence-electron chi connectivity index (χ3n) is 5.41. The fourth-order valence-electron chi connectivity index (χ4n) is 3.43. The highest BCUT2D eigenvalue weighted by Gasteiger charge is 2.11. The third kappa shape index (κ3) is 4.99. The second kappa shape index (κ2) is 9.27. The molecule has 0 unspecified atom stereocenters. The summed E-state index contributed by atoms with van der Waals surface area (Å²) >= 11 is 0. The van der Waals surface area contributed by atoms with E-state index in [9.17, 15) is 4.79 Å². The molecule has 4 aromatic rings. The van der Waals surface area contributed by atoms with Gasteiger partial charge in [-0.1, -0.05) is 52.0 Å². The molecule has 3 aromatic carbocycles. The van der Waals surface area contributed by atoms with Gasteiger partial charge in [0.25, 0.3) is 5.91 Å². The Balaban J connectivity index is 1.40. The Morgan fingerprint density at radius 1 is 0.906 bits per heavy atom. The average Bonchev–Trinajstić information content (AvgIpc) is 3.21.